The lowest BCUT2D eigenvalue weighted by molar-refractivity contribution is 0.584. The molecule has 0 spiro atoms. The molecule has 2 rings (SSSR count). The summed E-state index contributed by atoms with van der Waals surface area (Å²) in [6, 6.07) is 12.3. The summed E-state index contributed by atoms with van der Waals surface area (Å²) >= 11 is 0. The molecular formula is C17H22N2O4S2. The van der Waals surface area contributed by atoms with E-state index in [1.54, 1.807) is 31.2 Å². The molecule has 25 heavy (non-hydrogen) atoms. The molecular weight excluding hydrogens is 360 g/mol. The van der Waals surface area contributed by atoms with Gasteiger partial charge in [0.25, 0.3) is 10.0 Å². The first-order chi connectivity index (χ1) is 11.8. The van der Waals surface area contributed by atoms with E-state index < -0.39 is 20.0 Å². The average molecular weight is 383 g/mol. The average Bonchev–Trinajstić information content (AvgIpc) is 2.56. The molecule has 0 heterocycles. The monoisotopic (exact) mass is 382 g/mol. The summed E-state index contributed by atoms with van der Waals surface area (Å²) in [4.78, 5) is 0.248. The number of aryl methyl sites for hydroxylation is 1. The van der Waals surface area contributed by atoms with Crippen LogP contribution in [0.3, 0.4) is 0 Å². The standard InChI is InChI=1S/C17H22N2O4S2/c1-3-5-14-6-10-17(11-7-14)25(22,23)19-15-8-12-16(13-9-15)24(20,21)18-4-2/h6-13,18-19H,3-5H2,1-2H3. The van der Waals surface area contributed by atoms with Gasteiger partial charge in [0.1, 0.15) is 0 Å². The van der Waals surface area contributed by atoms with Gasteiger partial charge in [-0.05, 0) is 48.4 Å². The highest BCUT2D eigenvalue weighted by Crippen LogP contribution is 2.19. The zero-order valence-corrected chi connectivity index (χ0v) is 15.8. The number of anilines is 1. The molecule has 0 aliphatic heterocycles. The molecule has 0 aliphatic rings. The van der Waals surface area contributed by atoms with Crippen LogP contribution in [0, 0.1) is 0 Å². The summed E-state index contributed by atoms with van der Waals surface area (Å²) in [5, 5.41) is 0. The molecule has 0 unspecified atom stereocenters. The van der Waals surface area contributed by atoms with Crippen LogP contribution in [-0.4, -0.2) is 23.4 Å². The molecule has 0 aliphatic carbocycles. The molecule has 0 radical (unpaired) electrons. The third kappa shape index (κ3) is 5.04. The zero-order valence-electron chi connectivity index (χ0n) is 14.2. The Kier molecular flexibility index (Phi) is 6.21. The van der Waals surface area contributed by atoms with Crippen molar-refractivity contribution in [2.24, 2.45) is 0 Å². The van der Waals surface area contributed by atoms with Crippen LogP contribution in [0.1, 0.15) is 25.8 Å². The van der Waals surface area contributed by atoms with Gasteiger partial charge in [0, 0.05) is 12.2 Å². The molecule has 0 amide bonds. The van der Waals surface area contributed by atoms with E-state index in [0.717, 1.165) is 18.4 Å². The maximum Gasteiger partial charge on any atom is 0.261 e. The summed E-state index contributed by atoms with van der Waals surface area (Å²) in [6.45, 7) is 4.03. The quantitative estimate of drug-likeness (QED) is 0.734. The largest absolute Gasteiger partial charge is 0.280 e. The van der Waals surface area contributed by atoms with E-state index in [2.05, 4.69) is 16.4 Å². The number of nitrogens with one attached hydrogen (secondary N) is 2. The van der Waals surface area contributed by atoms with E-state index in [1.165, 1.54) is 24.3 Å². The van der Waals surface area contributed by atoms with Gasteiger partial charge in [-0.15, -0.1) is 0 Å². The molecule has 0 atom stereocenters. The first-order valence-corrected chi connectivity index (χ1v) is 11.0. The summed E-state index contributed by atoms with van der Waals surface area (Å²) in [5.74, 6) is 0. The lowest BCUT2D eigenvalue weighted by Crippen LogP contribution is -2.23. The highest BCUT2D eigenvalue weighted by molar-refractivity contribution is 7.92. The Hall–Kier alpha value is -1.90. The molecule has 2 N–H and O–H groups in total. The number of benzene rings is 2. The summed E-state index contributed by atoms with van der Waals surface area (Å²) in [7, 11) is -7.28. The van der Waals surface area contributed by atoms with Crippen molar-refractivity contribution in [2.75, 3.05) is 11.3 Å². The van der Waals surface area contributed by atoms with Gasteiger partial charge in [-0.25, -0.2) is 21.6 Å². The Labute approximate surface area is 149 Å². The molecule has 136 valence electrons. The van der Waals surface area contributed by atoms with Gasteiger partial charge in [-0.2, -0.15) is 0 Å². The summed E-state index contributed by atoms with van der Waals surface area (Å²) in [5.41, 5.74) is 1.38. The number of rotatable bonds is 8. The van der Waals surface area contributed by atoms with Crippen LogP contribution >= 0.6 is 0 Å². The molecule has 0 saturated heterocycles. The van der Waals surface area contributed by atoms with E-state index in [4.69, 9.17) is 0 Å². The van der Waals surface area contributed by atoms with Crippen LogP contribution in [0.15, 0.2) is 58.3 Å². The Morgan fingerprint density at radius 1 is 0.760 bits per heavy atom. The first kappa shape index (κ1) is 19.4. The van der Waals surface area contributed by atoms with E-state index >= 15 is 0 Å². The minimum absolute atomic E-state index is 0.0845. The van der Waals surface area contributed by atoms with E-state index in [9.17, 15) is 16.8 Å². The fraction of sp³-hybridized carbons (Fsp3) is 0.294. The zero-order chi connectivity index (χ0) is 18.5. The molecule has 0 fully saturated rings. The highest BCUT2D eigenvalue weighted by atomic mass is 32.2. The number of hydrogen-bond donors (Lipinski definition) is 2. The van der Waals surface area contributed by atoms with Crippen molar-refractivity contribution in [3.63, 3.8) is 0 Å². The third-order valence-corrected chi connectivity index (χ3v) is 6.48. The second-order valence-corrected chi connectivity index (χ2v) is 8.97. The fourth-order valence-corrected chi connectivity index (χ4v) is 4.41. The van der Waals surface area contributed by atoms with Gasteiger partial charge in [0.05, 0.1) is 9.79 Å². The summed E-state index contributed by atoms with van der Waals surface area (Å²) in [6.07, 6.45) is 1.89. The van der Waals surface area contributed by atoms with E-state index in [1.807, 2.05) is 0 Å². The van der Waals surface area contributed by atoms with Crippen molar-refractivity contribution in [3.05, 3.63) is 54.1 Å². The normalized spacial score (nSPS) is 12.1. The Morgan fingerprint density at radius 3 is 1.80 bits per heavy atom. The van der Waals surface area contributed by atoms with Crippen LogP contribution in [0.5, 0.6) is 0 Å². The third-order valence-electron chi connectivity index (χ3n) is 3.52. The second-order valence-electron chi connectivity index (χ2n) is 5.53. The minimum Gasteiger partial charge on any atom is -0.280 e. The molecule has 0 aromatic heterocycles. The maximum absolute atomic E-state index is 12.4. The van der Waals surface area contributed by atoms with Gasteiger partial charge in [0.15, 0.2) is 0 Å². The van der Waals surface area contributed by atoms with Crippen molar-refractivity contribution in [2.45, 2.75) is 36.5 Å². The van der Waals surface area contributed by atoms with Crippen LogP contribution in [0.2, 0.25) is 0 Å². The van der Waals surface area contributed by atoms with Crippen molar-refractivity contribution in [1.82, 2.24) is 4.72 Å². The maximum atomic E-state index is 12.4. The SMILES string of the molecule is CCCc1ccc(S(=O)(=O)Nc2ccc(S(=O)(=O)NCC)cc2)cc1. The Morgan fingerprint density at radius 2 is 1.28 bits per heavy atom. The Balaban J connectivity index is 2.17. The van der Waals surface area contributed by atoms with Crippen LogP contribution in [0.4, 0.5) is 5.69 Å². The highest BCUT2D eigenvalue weighted by Gasteiger charge is 2.16. The number of sulfonamides is 2. The van der Waals surface area contributed by atoms with Gasteiger partial charge in [-0.3, -0.25) is 4.72 Å². The second kappa shape index (κ2) is 7.99. The number of hydrogen-bond acceptors (Lipinski definition) is 4. The van der Waals surface area contributed by atoms with Gasteiger partial charge < -0.3 is 0 Å². The van der Waals surface area contributed by atoms with Crippen LogP contribution < -0.4 is 9.44 Å². The van der Waals surface area contributed by atoms with Gasteiger partial charge in [0.2, 0.25) is 10.0 Å². The van der Waals surface area contributed by atoms with Crippen molar-refractivity contribution < 1.29 is 16.8 Å². The first-order valence-electron chi connectivity index (χ1n) is 8.00. The lowest BCUT2D eigenvalue weighted by Gasteiger charge is -2.10. The van der Waals surface area contributed by atoms with Crippen molar-refractivity contribution in [1.29, 1.82) is 0 Å². The van der Waals surface area contributed by atoms with Crippen molar-refractivity contribution in [3.8, 4) is 0 Å². The van der Waals surface area contributed by atoms with Crippen LogP contribution in [0.25, 0.3) is 0 Å². The van der Waals surface area contributed by atoms with E-state index in [-0.39, 0.29) is 16.3 Å². The Bertz CT molecular complexity index is 904. The smallest absolute Gasteiger partial charge is 0.261 e. The molecule has 2 aromatic rings. The molecule has 8 heteroatoms. The lowest BCUT2D eigenvalue weighted by atomic mass is 10.1. The molecule has 0 bridgehead atoms. The predicted octanol–water partition coefficient (Wildman–Crippen LogP) is 2.74. The predicted molar refractivity (Wildman–Crippen MR) is 98.6 cm³/mol. The van der Waals surface area contributed by atoms with E-state index in [0.29, 0.717) is 5.69 Å². The summed E-state index contributed by atoms with van der Waals surface area (Å²) < 4.78 is 53.4. The van der Waals surface area contributed by atoms with Crippen molar-refractivity contribution >= 4 is 25.7 Å². The van der Waals surface area contributed by atoms with Gasteiger partial charge >= 0.3 is 0 Å². The minimum atomic E-state index is -3.72. The van der Waals surface area contributed by atoms with Gasteiger partial charge in [-0.1, -0.05) is 32.4 Å². The fourth-order valence-electron chi connectivity index (χ4n) is 2.31. The molecule has 2 aromatic carbocycles. The topological polar surface area (TPSA) is 92.3 Å². The van der Waals surface area contributed by atoms with Crippen LogP contribution in [-0.2, 0) is 26.5 Å². The molecule has 6 nitrogen and oxygen atoms in total. The molecule has 0 saturated carbocycles.